The first kappa shape index (κ1) is 17.2. The number of piperidine rings is 1. The van der Waals surface area contributed by atoms with Crippen LogP contribution in [0.15, 0.2) is 0 Å². The third-order valence-electron chi connectivity index (χ3n) is 3.56. The number of amides is 3. The van der Waals surface area contributed by atoms with E-state index in [1.165, 1.54) is 6.92 Å². The molecule has 1 aliphatic heterocycles. The standard InChI is InChI=1S/C13H23N3O5/c1-9(18)14-8-10-2-5-16(6-3-10)13(21)15-11(4-7-17)12(19)20/h10-11,17H,2-8H2,1H3,(H,14,18)(H,15,21)(H,19,20)/t11-/m0/s1. The number of hydrogen-bond acceptors (Lipinski definition) is 4. The van der Waals surface area contributed by atoms with E-state index in [0.717, 1.165) is 12.8 Å². The SMILES string of the molecule is CC(=O)NCC1CCN(C(=O)N[C@@H](CCO)C(=O)O)CC1. The van der Waals surface area contributed by atoms with Crippen molar-refractivity contribution in [3.05, 3.63) is 0 Å². The van der Waals surface area contributed by atoms with Crippen molar-refractivity contribution in [3.8, 4) is 0 Å². The molecule has 0 radical (unpaired) electrons. The molecular weight excluding hydrogens is 278 g/mol. The van der Waals surface area contributed by atoms with Crippen molar-refractivity contribution in [1.82, 2.24) is 15.5 Å². The van der Waals surface area contributed by atoms with E-state index in [-0.39, 0.29) is 18.9 Å². The predicted octanol–water partition coefficient (Wildman–Crippen LogP) is -0.620. The lowest BCUT2D eigenvalue weighted by molar-refractivity contribution is -0.139. The topological polar surface area (TPSA) is 119 Å². The average molecular weight is 301 g/mol. The summed E-state index contributed by atoms with van der Waals surface area (Å²) in [5.74, 6) is -0.882. The van der Waals surface area contributed by atoms with Crippen molar-refractivity contribution in [3.63, 3.8) is 0 Å². The third-order valence-corrected chi connectivity index (χ3v) is 3.56. The van der Waals surface area contributed by atoms with Crippen LogP contribution in [0.5, 0.6) is 0 Å². The molecule has 1 heterocycles. The molecule has 0 spiro atoms. The Labute approximate surface area is 123 Å². The summed E-state index contributed by atoms with van der Waals surface area (Å²) in [5, 5.41) is 22.9. The van der Waals surface area contributed by atoms with E-state index in [4.69, 9.17) is 10.2 Å². The normalized spacial score (nSPS) is 17.1. The Morgan fingerprint density at radius 3 is 2.38 bits per heavy atom. The Morgan fingerprint density at radius 1 is 1.29 bits per heavy atom. The fourth-order valence-electron chi connectivity index (χ4n) is 2.26. The first-order valence-corrected chi connectivity index (χ1v) is 7.07. The van der Waals surface area contributed by atoms with Gasteiger partial charge in [0.1, 0.15) is 6.04 Å². The number of hydrogen-bond donors (Lipinski definition) is 4. The van der Waals surface area contributed by atoms with Gasteiger partial charge >= 0.3 is 12.0 Å². The maximum absolute atomic E-state index is 12.0. The minimum Gasteiger partial charge on any atom is -0.480 e. The molecule has 8 nitrogen and oxygen atoms in total. The highest BCUT2D eigenvalue weighted by atomic mass is 16.4. The zero-order valence-corrected chi connectivity index (χ0v) is 12.2. The highest BCUT2D eigenvalue weighted by Crippen LogP contribution is 2.16. The number of nitrogens with zero attached hydrogens (tertiary/aromatic N) is 1. The molecule has 1 saturated heterocycles. The van der Waals surface area contributed by atoms with Crippen molar-refractivity contribution in [1.29, 1.82) is 0 Å². The van der Waals surface area contributed by atoms with E-state index in [2.05, 4.69) is 10.6 Å². The van der Waals surface area contributed by atoms with Crippen LogP contribution in [-0.2, 0) is 9.59 Å². The molecule has 1 fully saturated rings. The Kier molecular flexibility index (Phi) is 6.93. The van der Waals surface area contributed by atoms with Gasteiger partial charge in [-0.2, -0.15) is 0 Å². The quantitative estimate of drug-likeness (QED) is 0.521. The van der Waals surface area contributed by atoms with E-state index < -0.39 is 18.0 Å². The Morgan fingerprint density at radius 2 is 1.90 bits per heavy atom. The van der Waals surface area contributed by atoms with Gasteiger partial charge in [0.25, 0.3) is 0 Å². The monoisotopic (exact) mass is 301 g/mol. The minimum absolute atomic E-state index is 0.0138. The average Bonchev–Trinajstić information content (AvgIpc) is 2.45. The summed E-state index contributed by atoms with van der Waals surface area (Å²) >= 11 is 0. The fourth-order valence-corrected chi connectivity index (χ4v) is 2.26. The molecular formula is C13H23N3O5. The molecule has 0 unspecified atom stereocenters. The first-order chi connectivity index (χ1) is 9.93. The lowest BCUT2D eigenvalue weighted by atomic mass is 9.97. The van der Waals surface area contributed by atoms with Crippen LogP contribution in [0.1, 0.15) is 26.2 Å². The van der Waals surface area contributed by atoms with Crippen molar-refractivity contribution in [2.24, 2.45) is 5.92 Å². The molecule has 0 aliphatic carbocycles. The summed E-state index contributed by atoms with van der Waals surface area (Å²) < 4.78 is 0. The minimum atomic E-state index is -1.15. The van der Waals surface area contributed by atoms with Crippen LogP contribution >= 0.6 is 0 Å². The highest BCUT2D eigenvalue weighted by Gasteiger charge is 2.26. The molecule has 0 bridgehead atoms. The zero-order chi connectivity index (χ0) is 15.8. The molecule has 0 aromatic heterocycles. The summed E-state index contributed by atoms with van der Waals surface area (Å²) in [6, 6.07) is -1.49. The zero-order valence-electron chi connectivity index (χ0n) is 12.2. The molecule has 1 rings (SSSR count). The van der Waals surface area contributed by atoms with Crippen molar-refractivity contribution in [2.45, 2.75) is 32.2 Å². The number of urea groups is 1. The van der Waals surface area contributed by atoms with Gasteiger partial charge in [-0.05, 0) is 18.8 Å². The molecule has 1 atom stereocenters. The molecule has 4 N–H and O–H groups in total. The van der Waals surface area contributed by atoms with Gasteiger partial charge < -0.3 is 25.7 Å². The Bertz CT molecular complexity index is 380. The van der Waals surface area contributed by atoms with Gasteiger partial charge in [-0.15, -0.1) is 0 Å². The second-order valence-electron chi connectivity index (χ2n) is 5.22. The van der Waals surface area contributed by atoms with Crippen LogP contribution in [0.2, 0.25) is 0 Å². The second-order valence-corrected chi connectivity index (χ2v) is 5.22. The number of likely N-dealkylation sites (tertiary alicyclic amines) is 1. The number of rotatable bonds is 6. The van der Waals surface area contributed by atoms with Crippen LogP contribution < -0.4 is 10.6 Å². The number of carboxylic acid groups (broad SMARTS) is 1. The summed E-state index contributed by atoms with van der Waals surface area (Å²) in [4.78, 5) is 35.3. The Balaban J connectivity index is 2.37. The van der Waals surface area contributed by atoms with Crippen molar-refractivity contribution >= 4 is 17.9 Å². The van der Waals surface area contributed by atoms with Crippen LogP contribution in [0.25, 0.3) is 0 Å². The second kappa shape index (κ2) is 8.46. The number of aliphatic hydroxyl groups excluding tert-OH is 1. The summed E-state index contributed by atoms with van der Waals surface area (Å²) in [6.45, 7) is 2.84. The number of carbonyl (C=O) groups excluding carboxylic acids is 2. The number of nitrogens with one attached hydrogen (secondary N) is 2. The van der Waals surface area contributed by atoms with Crippen LogP contribution in [-0.4, -0.2) is 65.3 Å². The van der Waals surface area contributed by atoms with E-state index in [1.807, 2.05) is 0 Å². The molecule has 120 valence electrons. The molecule has 0 saturated carbocycles. The smallest absolute Gasteiger partial charge is 0.326 e. The fraction of sp³-hybridized carbons (Fsp3) is 0.769. The van der Waals surface area contributed by atoms with E-state index >= 15 is 0 Å². The maximum atomic E-state index is 12.0. The van der Waals surface area contributed by atoms with E-state index in [1.54, 1.807) is 4.90 Å². The first-order valence-electron chi connectivity index (χ1n) is 7.07. The van der Waals surface area contributed by atoms with E-state index in [9.17, 15) is 14.4 Å². The molecule has 0 aromatic carbocycles. The summed E-state index contributed by atoms with van der Waals surface area (Å²) in [7, 11) is 0. The number of carbonyl (C=O) groups is 3. The van der Waals surface area contributed by atoms with Gasteiger partial charge in [-0.25, -0.2) is 9.59 Å². The highest BCUT2D eigenvalue weighted by molar-refractivity contribution is 5.82. The lowest BCUT2D eigenvalue weighted by Gasteiger charge is -2.32. The van der Waals surface area contributed by atoms with Crippen LogP contribution in [0, 0.1) is 5.92 Å². The molecule has 21 heavy (non-hydrogen) atoms. The summed E-state index contributed by atoms with van der Waals surface area (Å²) in [5.41, 5.74) is 0. The van der Waals surface area contributed by atoms with Gasteiger partial charge in [0.15, 0.2) is 0 Å². The summed E-state index contributed by atoms with van der Waals surface area (Å²) in [6.07, 6.45) is 1.52. The number of carboxylic acids is 1. The van der Waals surface area contributed by atoms with Crippen molar-refractivity contribution in [2.75, 3.05) is 26.2 Å². The lowest BCUT2D eigenvalue weighted by Crippen LogP contribution is -2.51. The van der Waals surface area contributed by atoms with Gasteiger partial charge in [0.2, 0.25) is 5.91 Å². The van der Waals surface area contributed by atoms with E-state index in [0.29, 0.717) is 25.6 Å². The molecule has 3 amide bonds. The van der Waals surface area contributed by atoms with Crippen LogP contribution in [0.4, 0.5) is 4.79 Å². The number of aliphatic hydroxyl groups is 1. The molecule has 1 aliphatic rings. The maximum Gasteiger partial charge on any atom is 0.326 e. The molecule has 8 heteroatoms. The van der Waals surface area contributed by atoms with Crippen LogP contribution in [0.3, 0.4) is 0 Å². The molecule has 0 aromatic rings. The van der Waals surface area contributed by atoms with Gasteiger partial charge in [-0.1, -0.05) is 0 Å². The van der Waals surface area contributed by atoms with Gasteiger partial charge in [-0.3, -0.25) is 4.79 Å². The van der Waals surface area contributed by atoms with Gasteiger partial charge in [0, 0.05) is 39.6 Å². The number of aliphatic carboxylic acids is 1. The Hall–Kier alpha value is -1.83. The third kappa shape index (κ3) is 5.99. The predicted molar refractivity (Wildman–Crippen MR) is 74.6 cm³/mol. The largest absolute Gasteiger partial charge is 0.480 e. The van der Waals surface area contributed by atoms with Gasteiger partial charge in [0.05, 0.1) is 0 Å². The van der Waals surface area contributed by atoms with Crippen molar-refractivity contribution < 1.29 is 24.6 Å².